The van der Waals surface area contributed by atoms with E-state index in [0.29, 0.717) is 5.11 Å². The molecule has 0 atom stereocenters. The Bertz CT molecular complexity index is 715. The van der Waals surface area contributed by atoms with Crippen LogP contribution in [0.3, 0.4) is 0 Å². The molecule has 0 fully saturated rings. The number of anilines is 1. The van der Waals surface area contributed by atoms with Crippen molar-refractivity contribution in [2.75, 3.05) is 11.9 Å². The van der Waals surface area contributed by atoms with Gasteiger partial charge in [0.1, 0.15) is 11.5 Å². The highest BCUT2D eigenvalue weighted by Crippen LogP contribution is 2.17. The highest BCUT2D eigenvalue weighted by Gasteiger charge is 2.02. The molecule has 2 N–H and O–H groups in total. The van der Waals surface area contributed by atoms with Crippen molar-refractivity contribution < 1.29 is 9.47 Å². The van der Waals surface area contributed by atoms with Crippen molar-refractivity contribution in [2.24, 2.45) is 0 Å². The van der Waals surface area contributed by atoms with Crippen LogP contribution >= 0.6 is 12.2 Å². The van der Waals surface area contributed by atoms with Gasteiger partial charge in [0.25, 0.3) is 0 Å². The summed E-state index contributed by atoms with van der Waals surface area (Å²) in [4.78, 5) is 0. The summed E-state index contributed by atoms with van der Waals surface area (Å²) in [6.07, 6.45) is 2.33. The molecular formula is C22H30N2O2S. The number of rotatable bonds is 9. The van der Waals surface area contributed by atoms with Crippen LogP contribution in [0.4, 0.5) is 5.69 Å². The van der Waals surface area contributed by atoms with E-state index in [9.17, 15) is 0 Å². The third-order valence-corrected chi connectivity index (χ3v) is 3.93. The summed E-state index contributed by atoms with van der Waals surface area (Å²) in [5, 5.41) is 7.08. The number of hydrogen-bond donors (Lipinski definition) is 2. The van der Waals surface area contributed by atoms with Crippen molar-refractivity contribution in [1.29, 1.82) is 0 Å². The average molecular weight is 387 g/mol. The standard InChI is InChI=1S/C22H30N2O2S/c1-16(2)25-20-12-10-19(11-13-20)24-22(27)23-14-6-8-18-7-5-9-21(15-18)26-17(3)4/h5,7,9-13,15-17H,6,8,14H2,1-4H3,(H2,23,24,27). The Labute approximate surface area is 168 Å². The van der Waals surface area contributed by atoms with Gasteiger partial charge in [-0.2, -0.15) is 0 Å². The second kappa shape index (κ2) is 10.8. The van der Waals surface area contributed by atoms with E-state index in [1.165, 1.54) is 5.56 Å². The Hall–Kier alpha value is -2.27. The van der Waals surface area contributed by atoms with Gasteiger partial charge in [0, 0.05) is 12.2 Å². The molecule has 0 aliphatic heterocycles. The molecule has 0 aliphatic rings. The predicted octanol–water partition coefficient (Wildman–Crippen LogP) is 5.18. The zero-order valence-corrected chi connectivity index (χ0v) is 17.4. The van der Waals surface area contributed by atoms with Crippen LogP contribution in [-0.2, 0) is 6.42 Å². The molecule has 2 rings (SSSR count). The highest BCUT2D eigenvalue weighted by molar-refractivity contribution is 7.80. The number of aryl methyl sites for hydroxylation is 1. The lowest BCUT2D eigenvalue weighted by molar-refractivity contribution is 0.242. The van der Waals surface area contributed by atoms with Crippen LogP contribution in [0.15, 0.2) is 48.5 Å². The van der Waals surface area contributed by atoms with Crippen LogP contribution in [0.25, 0.3) is 0 Å². The Balaban J connectivity index is 1.70. The van der Waals surface area contributed by atoms with Crippen LogP contribution in [0, 0.1) is 0 Å². The summed E-state index contributed by atoms with van der Waals surface area (Å²) in [6.45, 7) is 8.91. The molecule has 0 aromatic heterocycles. The second-order valence-electron chi connectivity index (χ2n) is 6.99. The van der Waals surface area contributed by atoms with E-state index in [-0.39, 0.29) is 12.2 Å². The van der Waals surface area contributed by atoms with Crippen LogP contribution in [0.5, 0.6) is 11.5 Å². The molecule has 146 valence electrons. The van der Waals surface area contributed by atoms with Crippen LogP contribution in [0.1, 0.15) is 39.7 Å². The van der Waals surface area contributed by atoms with Gasteiger partial charge in [0.15, 0.2) is 5.11 Å². The first-order chi connectivity index (χ1) is 12.9. The Kier molecular flexibility index (Phi) is 8.40. The molecule has 0 unspecified atom stereocenters. The molecule has 0 saturated carbocycles. The van der Waals surface area contributed by atoms with Crippen molar-refractivity contribution in [3.63, 3.8) is 0 Å². The lowest BCUT2D eigenvalue weighted by Gasteiger charge is -2.13. The maximum absolute atomic E-state index is 5.74. The van der Waals surface area contributed by atoms with E-state index in [1.54, 1.807) is 0 Å². The largest absolute Gasteiger partial charge is 0.491 e. The summed E-state index contributed by atoms with van der Waals surface area (Å²) in [5.41, 5.74) is 2.22. The molecule has 0 radical (unpaired) electrons. The molecule has 0 bridgehead atoms. The van der Waals surface area contributed by atoms with Gasteiger partial charge in [-0.1, -0.05) is 12.1 Å². The first-order valence-corrected chi connectivity index (χ1v) is 9.90. The summed E-state index contributed by atoms with van der Waals surface area (Å²) in [5.74, 6) is 1.79. The SMILES string of the molecule is CC(C)Oc1ccc(NC(=S)NCCCc2cccc(OC(C)C)c2)cc1. The molecule has 27 heavy (non-hydrogen) atoms. The van der Waals surface area contributed by atoms with Crippen molar-refractivity contribution in [3.8, 4) is 11.5 Å². The number of nitrogens with one attached hydrogen (secondary N) is 2. The first kappa shape index (κ1) is 21.0. The van der Waals surface area contributed by atoms with E-state index < -0.39 is 0 Å². The van der Waals surface area contributed by atoms with Crippen LogP contribution in [-0.4, -0.2) is 23.9 Å². The number of thiocarbonyl (C=S) groups is 1. The minimum Gasteiger partial charge on any atom is -0.491 e. The molecule has 0 saturated heterocycles. The van der Waals surface area contributed by atoms with Crippen molar-refractivity contribution >= 4 is 23.0 Å². The van der Waals surface area contributed by atoms with E-state index in [4.69, 9.17) is 21.7 Å². The summed E-state index contributed by atoms with van der Waals surface area (Å²) in [7, 11) is 0. The fourth-order valence-electron chi connectivity index (χ4n) is 2.61. The topological polar surface area (TPSA) is 42.5 Å². The first-order valence-electron chi connectivity index (χ1n) is 9.49. The minimum atomic E-state index is 0.171. The molecule has 5 heteroatoms. The lowest BCUT2D eigenvalue weighted by atomic mass is 10.1. The molecule has 0 spiro atoms. The molecule has 2 aromatic carbocycles. The molecule has 2 aromatic rings. The van der Waals surface area contributed by atoms with Crippen molar-refractivity contribution in [3.05, 3.63) is 54.1 Å². The van der Waals surface area contributed by atoms with Gasteiger partial charge in [-0.15, -0.1) is 0 Å². The number of hydrogen-bond acceptors (Lipinski definition) is 3. The molecule has 0 amide bonds. The predicted molar refractivity (Wildman–Crippen MR) is 117 cm³/mol. The Morgan fingerprint density at radius 3 is 2.26 bits per heavy atom. The fraction of sp³-hybridized carbons (Fsp3) is 0.409. The quantitative estimate of drug-likeness (QED) is 0.459. The van der Waals surface area contributed by atoms with E-state index in [2.05, 4.69) is 22.8 Å². The van der Waals surface area contributed by atoms with Crippen LogP contribution < -0.4 is 20.1 Å². The van der Waals surface area contributed by atoms with Crippen molar-refractivity contribution in [2.45, 2.75) is 52.7 Å². The third-order valence-electron chi connectivity index (χ3n) is 3.68. The number of ether oxygens (including phenoxy) is 2. The highest BCUT2D eigenvalue weighted by atomic mass is 32.1. The zero-order valence-electron chi connectivity index (χ0n) is 16.6. The van der Waals surface area contributed by atoms with Gasteiger partial charge in [-0.05, 0) is 94.7 Å². The van der Waals surface area contributed by atoms with Gasteiger partial charge in [-0.25, -0.2) is 0 Å². The summed E-state index contributed by atoms with van der Waals surface area (Å²) >= 11 is 5.36. The molecule has 4 nitrogen and oxygen atoms in total. The maximum atomic E-state index is 5.74. The van der Waals surface area contributed by atoms with Gasteiger partial charge in [0.2, 0.25) is 0 Å². The molecule has 0 aliphatic carbocycles. The fourth-order valence-corrected chi connectivity index (χ4v) is 2.83. The van der Waals surface area contributed by atoms with Gasteiger partial charge >= 0.3 is 0 Å². The molecule has 0 heterocycles. The molecular weight excluding hydrogens is 356 g/mol. The number of benzene rings is 2. The monoisotopic (exact) mass is 386 g/mol. The average Bonchev–Trinajstić information content (AvgIpc) is 2.60. The van der Waals surface area contributed by atoms with Crippen molar-refractivity contribution in [1.82, 2.24) is 5.32 Å². The van der Waals surface area contributed by atoms with E-state index in [1.807, 2.05) is 64.1 Å². The zero-order chi connectivity index (χ0) is 19.6. The third kappa shape index (κ3) is 8.31. The maximum Gasteiger partial charge on any atom is 0.170 e. The Morgan fingerprint density at radius 2 is 1.59 bits per heavy atom. The second-order valence-corrected chi connectivity index (χ2v) is 7.40. The Morgan fingerprint density at radius 1 is 0.926 bits per heavy atom. The van der Waals surface area contributed by atoms with Crippen LogP contribution in [0.2, 0.25) is 0 Å². The lowest BCUT2D eigenvalue weighted by Crippen LogP contribution is -2.29. The van der Waals surface area contributed by atoms with Gasteiger partial charge in [-0.3, -0.25) is 0 Å². The van der Waals surface area contributed by atoms with Gasteiger partial charge < -0.3 is 20.1 Å². The van der Waals surface area contributed by atoms with Gasteiger partial charge in [0.05, 0.1) is 12.2 Å². The minimum absolute atomic E-state index is 0.171. The summed E-state index contributed by atoms with van der Waals surface area (Å²) in [6, 6.07) is 16.1. The normalized spacial score (nSPS) is 10.7. The smallest absolute Gasteiger partial charge is 0.170 e. The van der Waals surface area contributed by atoms with E-state index in [0.717, 1.165) is 36.6 Å². The van der Waals surface area contributed by atoms with E-state index >= 15 is 0 Å². The summed E-state index contributed by atoms with van der Waals surface area (Å²) < 4.78 is 11.4.